The fourth-order valence-electron chi connectivity index (χ4n) is 4.84. The average molecular weight is 539 g/mol. The second-order valence-corrected chi connectivity index (χ2v) is 16.2. The molecule has 2 nitrogen and oxygen atoms in total. The van der Waals surface area contributed by atoms with E-state index < -0.39 is 14.3 Å². The third-order valence-electron chi connectivity index (χ3n) is 6.42. The minimum absolute atomic E-state index is 0.326. The highest BCUT2D eigenvalue weighted by Crippen LogP contribution is 2.66. The number of allylic oxidation sites excluding steroid dienone is 4. The van der Waals surface area contributed by atoms with Gasteiger partial charge in [0.05, 0.1) is 0 Å². The molecule has 0 N–H and O–H groups in total. The molecule has 38 heavy (non-hydrogen) atoms. The summed E-state index contributed by atoms with van der Waals surface area (Å²) in [6.45, 7) is 10.3. The lowest BCUT2D eigenvalue weighted by molar-refractivity contribution is 0.541. The molecule has 0 aliphatic heterocycles. The van der Waals surface area contributed by atoms with Crippen LogP contribution in [0.1, 0.15) is 34.6 Å². The third kappa shape index (κ3) is 5.49. The molecule has 0 atom stereocenters. The van der Waals surface area contributed by atoms with Gasteiger partial charge in [0.1, 0.15) is 0 Å². The van der Waals surface area contributed by atoms with Crippen molar-refractivity contribution in [3.05, 3.63) is 144 Å². The van der Waals surface area contributed by atoms with E-state index in [-0.39, 0.29) is 5.41 Å². The monoisotopic (exact) mass is 538 g/mol. The fraction of sp³-hybridized carbons (Fsp3) is 0.176. The molecule has 0 saturated heterocycles. The van der Waals surface area contributed by atoms with Crippen molar-refractivity contribution in [2.24, 2.45) is 5.41 Å². The van der Waals surface area contributed by atoms with Crippen LogP contribution < -0.4 is 21.2 Å². The molecular formula is C34H36O2P2. The van der Waals surface area contributed by atoms with Gasteiger partial charge < -0.3 is 9.13 Å². The first-order valence-corrected chi connectivity index (χ1v) is 16.3. The Morgan fingerprint density at radius 3 is 1.08 bits per heavy atom. The smallest absolute Gasteiger partial charge is 0.171 e. The van der Waals surface area contributed by atoms with Gasteiger partial charge in [-0.25, -0.2) is 0 Å². The average Bonchev–Trinajstić information content (AvgIpc) is 2.93. The molecule has 4 rings (SSSR count). The van der Waals surface area contributed by atoms with E-state index in [4.69, 9.17) is 0 Å². The Morgan fingerprint density at radius 2 is 0.816 bits per heavy atom. The molecule has 0 heterocycles. The highest BCUT2D eigenvalue weighted by atomic mass is 31.2. The van der Waals surface area contributed by atoms with Crippen LogP contribution in [0.5, 0.6) is 0 Å². The maximum Gasteiger partial charge on any atom is 0.171 e. The van der Waals surface area contributed by atoms with E-state index in [2.05, 4.69) is 26.8 Å². The highest BCUT2D eigenvalue weighted by Gasteiger charge is 2.43. The van der Waals surface area contributed by atoms with Gasteiger partial charge in [0.25, 0.3) is 0 Å². The third-order valence-corrected chi connectivity index (χ3v) is 13.0. The van der Waals surface area contributed by atoms with E-state index in [1.807, 2.05) is 135 Å². The Kier molecular flexibility index (Phi) is 8.27. The Balaban J connectivity index is 2.18. The zero-order valence-corrected chi connectivity index (χ0v) is 24.6. The molecule has 0 bridgehead atoms. The Hall–Kier alpha value is -3.18. The van der Waals surface area contributed by atoms with Crippen LogP contribution in [-0.4, -0.2) is 0 Å². The van der Waals surface area contributed by atoms with Crippen LogP contribution in [0.2, 0.25) is 0 Å². The maximum absolute atomic E-state index is 15.8. The van der Waals surface area contributed by atoms with Gasteiger partial charge in [0.15, 0.2) is 14.3 Å². The summed E-state index contributed by atoms with van der Waals surface area (Å²) in [6.07, 6.45) is 2.09. The molecule has 0 aromatic heterocycles. The van der Waals surface area contributed by atoms with Crippen LogP contribution >= 0.6 is 14.3 Å². The molecule has 0 fully saturated rings. The number of hydrogen-bond donors (Lipinski definition) is 0. The summed E-state index contributed by atoms with van der Waals surface area (Å²) < 4.78 is 31.6. The molecule has 0 aliphatic rings. The second-order valence-electron chi connectivity index (χ2n) is 10.8. The van der Waals surface area contributed by atoms with Crippen molar-refractivity contribution >= 4 is 35.5 Å². The lowest BCUT2D eigenvalue weighted by atomic mass is 9.96. The summed E-state index contributed by atoms with van der Waals surface area (Å²) in [6, 6.07) is 38.6. The van der Waals surface area contributed by atoms with Crippen molar-refractivity contribution in [2.75, 3.05) is 0 Å². The van der Waals surface area contributed by atoms with E-state index in [1.54, 1.807) is 0 Å². The van der Waals surface area contributed by atoms with Crippen molar-refractivity contribution in [3.8, 4) is 0 Å². The summed E-state index contributed by atoms with van der Waals surface area (Å²) in [5.41, 5.74) is 0.566. The van der Waals surface area contributed by atoms with Gasteiger partial charge in [0.2, 0.25) is 0 Å². The Labute approximate surface area is 227 Å². The normalized spacial score (nSPS) is 12.7. The van der Waals surface area contributed by atoms with E-state index in [0.29, 0.717) is 10.6 Å². The molecule has 0 spiro atoms. The second kappa shape index (κ2) is 11.3. The Morgan fingerprint density at radius 1 is 0.526 bits per heavy atom. The fourth-order valence-corrected chi connectivity index (χ4v) is 11.8. The molecule has 4 aromatic rings. The summed E-state index contributed by atoms with van der Waals surface area (Å²) in [7, 11) is -6.88. The lowest BCUT2D eigenvalue weighted by Crippen LogP contribution is -2.24. The van der Waals surface area contributed by atoms with Crippen LogP contribution in [0.15, 0.2) is 144 Å². The highest BCUT2D eigenvalue weighted by molar-refractivity contribution is 7.87. The lowest BCUT2D eigenvalue weighted by Gasteiger charge is -2.32. The van der Waals surface area contributed by atoms with Crippen LogP contribution in [0, 0.1) is 5.41 Å². The number of hydrogen-bond acceptors (Lipinski definition) is 2. The minimum atomic E-state index is -3.45. The number of rotatable bonds is 7. The van der Waals surface area contributed by atoms with E-state index >= 15 is 9.13 Å². The van der Waals surface area contributed by atoms with Gasteiger partial charge in [-0.2, -0.15) is 0 Å². The molecular weight excluding hydrogens is 502 g/mol. The van der Waals surface area contributed by atoms with Gasteiger partial charge >= 0.3 is 0 Å². The Bertz CT molecular complexity index is 1440. The van der Waals surface area contributed by atoms with Gasteiger partial charge in [0, 0.05) is 31.8 Å². The van der Waals surface area contributed by atoms with Crippen LogP contribution in [0.25, 0.3) is 0 Å². The van der Waals surface area contributed by atoms with Crippen LogP contribution in [0.3, 0.4) is 0 Å². The quantitative estimate of drug-likeness (QED) is 0.175. The van der Waals surface area contributed by atoms with Crippen molar-refractivity contribution < 1.29 is 9.13 Å². The van der Waals surface area contributed by atoms with Crippen molar-refractivity contribution in [2.45, 2.75) is 34.6 Å². The standard InChI is InChI=1S/C34H36O2P2/c1-27(2)33(38(36,30-22-14-8-15-23-30)31-24-16-9-17-25-31)32(26-34(3,4)5)37(35,28-18-10-6-11-19-28)29-20-12-7-13-21-29/h6-26H,1-5H3/b32-26+. The molecule has 0 aliphatic carbocycles. The zero-order chi connectivity index (χ0) is 27.4. The van der Waals surface area contributed by atoms with Gasteiger partial charge in [-0.15, -0.1) is 0 Å². The molecule has 194 valence electrons. The predicted octanol–water partition coefficient (Wildman–Crippen LogP) is 8.24. The van der Waals surface area contributed by atoms with E-state index in [0.717, 1.165) is 26.8 Å². The summed E-state index contributed by atoms with van der Waals surface area (Å²) >= 11 is 0. The van der Waals surface area contributed by atoms with Crippen LogP contribution in [-0.2, 0) is 9.13 Å². The molecule has 0 amide bonds. The first kappa shape index (κ1) is 27.8. The number of benzene rings is 4. The maximum atomic E-state index is 15.8. The molecule has 4 heteroatoms. The largest absolute Gasteiger partial charge is 0.309 e. The van der Waals surface area contributed by atoms with Gasteiger partial charge in [-0.1, -0.05) is 154 Å². The van der Waals surface area contributed by atoms with Crippen molar-refractivity contribution in [3.63, 3.8) is 0 Å². The zero-order valence-electron chi connectivity index (χ0n) is 22.8. The predicted molar refractivity (Wildman–Crippen MR) is 165 cm³/mol. The van der Waals surface area contributed by atoms with Crippen molar-refractivity contribution in [1.29, 1.82) is 0 Å². The summed E-state index contributed by atoms with van der Waals surface area (Å²) in [5.74, 6) is 0. The molecule has 4 aromatic carbocycles. The van der Waals surface area contributed by atoms with Gasteiger partial charge in [-0.3, -0.25) is 0 Å². The SMILES string of the molecule is CC(C)=C(/C(=C\C(C)(C)C)P(=O)(c1ccccc1)c1ccccc1)P(=O)(c1ccccc1)c1ccccc1. The van der Waals surface area contributed by atoms with Gasteiger partial charge in [-0.05, 0) is 19.3 Å². The molecule has 0 unspecified atom stereocenters. The first-order chi connectivity index (χ1) is 18.1. The van der Waals surface area contributed by atoms with Crippen LogP contribution in [0.4, 0.5) is 0 Å². The summed E-state index contributed by atoms with van der Waals surface area (Å²) in [5, 5.41) is 4.24. The van der Waals surface area contributed by atoms with Crippen molar-refractivity contribution in [1.82, 2.24) is 0 Å². The van der Waals surface area contributed by atoms with E-state index in [9.17, 15) is 0 Å². The first-order valence-electron chi connectivity index (χ1n) is 12.9. The van der Waals surface area contributed by atoms with E-state index in [1.165, 1.54) is 0 Å². The topological polar surface area (TPSA) is 34.1 Å². The molecule has 0 saturated carbocycles. The molecule has 0 radical (unpaired) electrons. The minimum Gasteiger partial charge on any atom is -0.309 e. The summed E-state index contributed by atoms with van der Waals surface area (Å²) in [4.78, 5) is 0.